The topological polar surface area (TPSA) is 290 Å². The van der Waals surface area contributed by atoms with E-state index < -0.39 is 54.0 Å². The standard InChI is InChI=1S/C22H40N10O6/c1-12(33)17(24)20(36)30-14(5-2-3-7-23)18(34)32-16(9-13-10-27-11-29-13)19(35)31-15(21(37)38)6-4-8-28-22(25)26/h10-12,14-17,33H,2-9,23-24H2,1H3,(H,27,29)(H,30,36)(H,31,35)(H,32,34)(H,37,38)(H4,25,26,28). The Kier molecular flexibility index (Phi) is 14.3. The Morgan fingerprint density at radius 3 is 2.16 bits per heavy atom. The van der Waals surface area contributed by atoms with Crippen LogP contribution in [0.25, 0.3) is 0 Å². The van der Waals surface area contributed by atoms with E-state index >= 15 is 0 Å². The summed E-state index contributed by atoms with van der Waals surface area (Å²) in [6, 6.07) is -4.81. The van der Waals surface area contributed by atoms with Crippen molar-refractivity contribution in [2.24, 2.45) is 27.9 Å². The maximum Gasteiger partial charge on any atom is 0.326 e. The number of aliphatic imine (C=N–C) groups is 1. The number of guanidine groups is 1. The number of rotatable bonds is 18. The van der Waals surface area contributed by atoms with Crippen molar-refractivity contribution in [2.75, 3.05) is 13.1 Å². The van der Waals surface area contributed by atoms with Gasteiger partial charge in [-0.25, -0.2) is 9.78 Å². The number of aliphatic hydroxyl groups is 1. The molecule has 5 unspecified atom stereocenters. The van der Waals surface area contributed by atoms with E-state index in [9.17, 15) is 29.4 Å². The van der Waals surface area contributed by atoms with Crippen molar-refractivity contribution in [3.05, 3.63) is 18.2 Å². The molecule has 38 heavy (non-hydrogen) atoms. The SMILES string of the molecule is CC(O)C(N)C(=O)NC(CCCCN)C(=O)NC(Cc1cnc[nH]1)C(=O)NC(CCCN=C(N)N)C(=O)O. The largest absolute Gasteiger partial charge is 0.480 e. The molecule has 0 fully saturated rings. The number of unbranched alkanes of at least 4 members (excludes halogenated alkanes) is 1. The van der Waals surface area contributed by atoms with E-state index in [1.54, 1.807) is 0 Å². The first-order chi connectivity index (χ1) is 18.0. The van der Waals surface area contributed by atoms with Gasteiger partial charge in [-0.3, -0.25) is 19.4 Å². The Morgan fingerprint density at radius 1 is 1.00 bits per heavy atom. The van der Waals surface area contributed by atoms with Crippen LogP contribution in [0, 0.1) is 0 Å². The number of aromatic nitrogens is 2. The number of aliphatic carboxylic acids is 1. The van der Waals surface area contributed by atoms with Crippen molar-refractivity contribution in [3.8, 4) is 0 Å². The average molecular weight is 541 g/mol. The second kappa shape index (κ2) is 16.9. The highest BCUT2D eigenvalue weighted by molar-refractivity contribution is 5.94. The fourth-order valence-electron chi connectivity index (χ4n) is 3.38. The van der Waals surface area contributed by atoms with Gasteiger partial charge in [-0.2, -0.15) is 0 Å². The smallest absolute Gasteiger partial charge is 0.326 e. The summed E-state index contributed by atoms with van der Waals surface area (Å²) in [5.74, 6) is -3.59. The Morgan fingerprint density at radius 2 is 1.61 bits per heavy atom. The van der Waals surface area contributed by atoms with Crippen LogP contribution >= 0.6 is 0 Å². The summed E-state index contributed by atoms with van der Waals surface area (Å²) < 4.78 is 0. The first-order valence-corrected chi connectivity index (χ1v) is 12.3. The zero-order chi connectivity index (χ0) is 28.7. The van der Waals surface area contributed by atoms with Crippen LogP contribution in [0.15, 0.2) is 17.5 Å². The molecule has 5 atom stereocenters. The quantitative estimate of drug-likeness (QED) is 0.0492. The molecular weight excluding hydrogens is 500 g/mol. The monoisotopic (exact) mass is 540 g/mol. The summed E-state index contributed by atoms with van der Waals surface area (Å²) in [5.41, 5.74) is 22.3. The van der Waals surface area contributed by atoms with Gasteiger partial charge in [-0.05, 0) is 45.6 Å². The number of carbonyl (C=O) groups is 4. The number of carboxylic acid groups (broad SMARTS) is 1. The highest BCUT2D eigenvalue weighted by Crippen LogP contribution is 2.07. The van der Waals surface area contributed by atoms with Crippen LogP contribution in [0.4, 0.5) is 0 Å². The van der Waals surface area contributed by atoms with E-state index in [0.717, 1.165) is 0 Å². The highest BCUT2D eigenvalue weighted by atomic mass is 16.4. The lowest BCUT2D eigenvalue weighted by Crippen LogP contribution is -2.58. The van der Waals surface area contributed by atoms with Crippen molar-refractivity contribution in [1.29, 1.82) is 0 Å². The summed E-state index contributed by atoms with van der Waals surface area (Å²) in [7, 11) is 0. The third-order valence-electron chi connectivity index (χ3n) is 5.57. The molecule has 1 aromatic rings. The van der Waals surface area contributed by atoms with Gasteiger partial charge in [0.1, 0.15) is 24.2 Å². The minimum atomic E-state index is -1.27. The number of nitrogens with two attached hydrogens (primary N) is 4. The number of imidazole rings is 1. The van der Waals surface area contributed by atoms with Gasteiger partial charge in [0, 0.05) is 24.9 Å². The molecule has 0 saturated carbocycles. The highest BCUT2D eigenvalue weighted by Gasteiger charge is 2.31. The van der Waals surface area contributed by atoms with Crippen LogP contribution in [-0.2, 0) is 25.6 Å². The fourth-order valence-corrected chi connectivity index (χ4v) is 3.38. The summed E-state index contributed by atoms with van der Waals surface area (Å²) in [5, 5.41) is 26.7. The predicted octanol–water partition coefficient (Wildman–Crippen LogP) is -3.62. The molecule has 0 spiro atoms. The van der Waals surface area contributed by atoms with Gasteiger partial charge in [0.15, 0.2) is 5.96 Å². The Labute approximate surface area is 220 Å². The van der Waals surface area contributed by atoms with E-state index in [1.807, 2.05) is 0 Å². The third kappa shape index (κ3) is 12.0. The molecular formula is C22H40N10O6. The third-order valence-corrected chi connectivity index (χ3v) is 5.57. The number of amides is 3. The molecule has 1 heterocycles. The zero-order valence-electron chi connectivity index (χ0n) is 21.4. The lowest BCUT2D eigenvalue weighted by atomic mass is 10.0. The number of carboxylic acids is 1. The van der Waals surface area contributed by atoms with Gasteiger partial charge in [-0.1, -0.05) is 0 Å². The minimum absolute atomic E-state index is 0.0332. The number of aliphatic hydroxyl groups excluding tert-OH is 1. The van der Waals surface area contributed by atoms with Crippen LogP contribution in [0.3, 0.4) is 0 Å². The number of hydrogen-bond donors (Lipinski definition) is 10. The molecule has 16 heteroatoms. The molecule has 0 aliphatic rings. The summed E-state index contributed by atoms with van der Waals surface area (Å²) in [6.07, 6.45) is 3.26. The number of nitrogens with one attached hydrogen (secondary N) is 4. The molecule has 1 aromatic heterocycles. The molecule has 0 saturated heterocycles. The van der Waals surface area contributed by atoms with E-state index in [1.165, 1.54) is 19.4 Å². The molecule has 1 rings (SSSR count). The van der Waals surface area contributed by atoms with Crippen LogP contribution < -0.4 is 38.9 Å². The van der Waals surface area contributed by atoms with Crippen molar-refractivity contribution in [1.82, 2.24) is 25.9 Å². The van der Waals surface area contributed by atoms with Crippen LogP contribution in [-0.4, -0.2) is 93.2 Å². The second-order valence-corrected chi connectivity index (χ2v) is 8.80. The lowest BCUT2D eigenvalue weighted by Gasteiger charge is -2.25. The van der Waals surface area contributed by atoms with E-state index in [-0.39, 0.29) is 38.2 Å². The Bertz CT molecular complexity index is 920. The molecule has 0 radical (unpaired) electrons. The van der Waals surface area contributed by atoms with Crippen molar-refractivity contribution >= 4 is 29.7 Å². The molecule has 0 bridgehead atoms. The molecule has 0 aliphatic carbocycles. The van der Waals surface area contributed by atoms with E-state index in [2.05, 4.69) is 30.9 Å². The van der Waals surface area contributed by atoms with E-state index in [4.69, 9.17) is 22.9 Å². The lowest BCUT2D eigenvalue weighted by molar-refractivity contribution is -0.142. The first kappa shape index (κ1) is 32.3. The number of carbonyl (C=O) groups excluding carboxylic acids is 3. The molecule has 14 N–H and O–H groups in total. The van der Waals surface area contributed by atoms with Crippen LogP contribution in [0.2, 0.25) is 0 Å². The molecule has 0 aliphatic heterocycles. The number of aromatic amines is 1. The van der Waals surface area contributed by atoms with Gasteiger partial charge in [0.05, 0.1) is 12.4 Å². The van der Waals surface area contributed by atoms with Crippen molar-refractivity contribution in [2.45, 2.75) is 75.7 Å². The van der Waals surface area contributed by atoms with E-state index in [0.29, 0.717) is 25.1 Å². The van der Waals surface area contributed by atoms with Gasteiger partial charge >= 0.3 is 5.97 Å². The molecule has 3 amide bonds. The van der Waals surface area contributed by atoms with Crippen LogP contribution in [0.1, 0.15) is 44.7 Å². The zero-order valence-corrected chi connectivity index (χ0v) is 21.4. The molecule has 16 nitrogen and oxygen atoms in total. The number of nitrogens with zero attached hydrogens (tertiary/aromatic N) is 2. The number of hydrogen-bond acceptors (Lipinski definition) is 9. The van der Waals surface area contributed by atoms with Gasteiger partial charge < -0.3 is 54.1 Å². The van der Waals surface area contributed by atoms with Gasteiger partial charge in [0.25, 0.3) is 0 Å². The van der Waals surface area contributed by atoms with Crippen molar-refractivity contribution in [3.63, 3.8) is 0 Å². The average Bonchev–Trinajstić information content (AvgIpc) is 3.36. The molecule has 0 aromatic carbocycles. The Balaban J connectivity index is 3.03. The second-order valence-electron chi connectivity index (χ2n) is 8.80. The van der Waals surface area contributed by atoms with Crippen LogP contribution in [0.5, 0.6) is 0 Å². The van der Waals surface area contributed by atoms with Crippen molar-refractivity contribution < 1.29 is 29.4 Å². The summed E-state index contributed by atoms with van der Waals surface area (Å²) >= 11 is 0. The summed E-state index contributed by atoms with van der Waals surface area (Å²) in [4.78, 5) is 60.9. The normalized spacial score (nSPS) is 14.8. The number of H-pyrrole nitrogens is 1. The Hall–Kier alpha value is -3.76. The molecule has 214 valence electrons. The predicted molar refractivity (Wildman–Crippen MR) is 138 cm³/mol. The fraction of sp³-hybridized carbons (Fsp3) is 0.636. The first-order valence-electron chi connectivity index (χ1n) is 12.3. The summed E-state index contributed by atoms with van der Waals surface area (Å²) in [6.45, 7) is 1.89. The van der Waals surface area contributed by atoms with Gasteiger partial charge in [-0.15, -0.1) is 0 Å². The minimum Gasteiger partial charge on any atom is -0.480 e. The van der Waals surface area contributed by atoms with Gasteiger partial charge in [0.2, 0.25) is 17.7 Å². The maximum atomic E-state index is 13.2. The maximum absolute atomic E-state index is 13.2.